The SMILES string of the molecule is CC(O)CN(CC1CCCCC1)C(=O)CCCOc1ccc2c(c1)CCC(=O)N2. The summed E-state index contributed by atoms with van der Waals surface area (Å²) < 4.78 is 5.83. The van der Waals surface area contributed by atoms with Crippen LogP contribution < -0.4 is 10.1 Å². The lowest BCUT2D eigenvalue weighted by atomic mass is 9.89. The van der Waals surface area contributed by atoms with Gasteiger partial charge in [0.25, 0.3) is 0 Å². The van der Waals surface area contributed by atoms with E-state index in [1.807, 2.05) is 23.1 Å². The number of carbonyl (C=O) groups excluding carboxylic acids is 2. The van der Waals surface area contributed by atoms with Crippen molar-refractivity contribution < 1.29 is 19.4 Å². The van der Waals surface area contributed by atoms with Gasteiger partial charge in [0, 0.05) is 31.6 Å². The molecule has 0 spiro atoms. The minimum Gasteiger partial charge on any atom is -0.494 e. The molecule has 2 aliphatic rings. The maximum Gasteiger partial charge on any atom is 0.224 e. The van der Waals surface area contributed by atoms with Gasteiger partial charge >= 0.3 is 0 Å². The summed E-state index contributed by atoms with van der Waals surface area (Å²) in [5.74, 6) is 1.50. The summed E-state index contributed by atoms with van der Waals surface area (Å²) in [5, 5.41) is 12.7. The van der Waals surface area contributed by atoms with Gasteiger partial charge in [-0.15, -0.1) is 0 Å². The number of benzene rings is 1. The van der Waals surface area contributed by atoms with E-state index >= 15 is 0 Å². The number of nitrogens with zero attached hydrogens (tertiary/aromatic N) is 1. The van der Waals surface area contributed by atoms with Gasteiger partial charge < -0.3 is 20.1 Å². The highest BCUT2D eigenvalue weighted by atomic mass is 16.5. The fourth-order valence-electron chi connectivity index (χ4n) is 4.30. The summed E-state index contributed by atoms with van der Waals surface area (Å²) >= 11 is 0. The van der Waals surface area contributed by atoms with Crippen molar-refractivity contribution in [2.45, 2.75) is 70.8 Å². The number of rotatable bonds is 9. The Kier molecular flexibility index (Phi) is 7.92. The molecule has 1 unspecified atom stereocenters. The highest BCUT2D eigenvalue weighted by Crippen LogP contribution is 2.27. The van der Waals surface area contributed by atoms with E-state index in [0.29, 0.717) is 38.3 Å². The van der Waals surface area contributed by atoms with Crippen LogP contribution in [0.25, 0.3) is 0 Å². The molecular weight excluding hydrogens is 368 g/mol. The molecule has 0 bridgehead atoms. The summed E-state index contributed by atoms with van der Waals surface area (Å²) in [4.78, 5) is 26.0. The van der Waals surface area contributed by atoms with Crippen LogP contribution in [0, 0.1) is 5.92 Å². The highest BCUT2D eigenvalue weighted by Gasteiger charge is 2.22. The molecule has 1 heterocycles. The van der Waals surface area contributed by atoms with Gasteiger partial charge in [-0.05, 0) is 62.3 Å². The lowest BCUT2D eigenvalue weighted by Crippen LogP contribution is -2.40. The van der Waals surface area contributed by atoms with Crippen LogP contribution in [0.5, 0.6) is 5.75 Å². The Morgan fingerprint density at radius 3 is 2.83 bits per heavy atom. The smallest absolute Gasteiger partial charge is 0.224 e. The highest BCUT2D eigenvalue weighted by molar-refractivity contribution is 5.94. The Morgan fingerprint density at radius 2 is 2.07 bits per heavy atom. The molecule has 6 nitrogen and oxygen atoms in total. The van der Waals surface area contributed by atoms with Crippen LogP contribution in [0.1, 0.15) is 63.9 Å². The molecule has 3 rings (SSSR count). The molecule has 2 amide bonds. The van der Waals surface area contributed by atoms with Gasteiger partial charge in [-0.1, -0.05) is 19.3 Å². The predicted octanol–water partition coefficient (Wildman–Crippen LogP) is 3.52. The Hall–Kier alpha value is -2.08. The number of anilines is 1. The Morgan fingerprint density at radius 1 is 1.28 bits per heavy atom. The fraction of sp³-hybridized carbons (Fsp3) is 0.652. The molecule has 1 aliphatic carbocycles. The second-order valence-corrected chi connectivity index (χ2v) is 8.47. The summed E-state index contributed by atoms with van der Waals surface area (Å²) in [6.45, 7) is 3.39. The molecule has 0 saturated heterocycles. The molecule has 29 heavy (non-hydrogen) atoms. The predicted molar refractivity (Wildman–Crippen MR) is 113 cm³/mol. The van der Waals surface area contributed by atoms with Gasteiger partial charge in [-0.2, -0.15) is 0 Å². The van der Waals surface area contributed by atoms with Gasteiger partial charge in [0.1, 0.15) is 5.75 Å². The number of aliphatic hydroxyl groups is 1. The molecule has 0 radical (unpaired) electrons. The average Bonchev–Trinajstić information content (AvgIpc) is 2.71. The van der Waals surface area contributed by atoms with E-state index in [2.05, 4.69) is 5.32 Å². The quantitative estimate of drug-likeness (QED) is 0.620. The van der Waals surface area contributed by atoms with Gasteiger partial charge in [0.05, 0.1) is 12.7 Å². The molecule has 1 aliphatic heterocycles. The number of aliphatic hydroxyl groups excluding tert-OH is 1. The number of amides is 2. The van der Waals surface area contributed by atoms with Crippen molar-refractivity contribution in [2.24, 2.45) is 5.92 Å². The number of hydrogen-bond acceptors (Lipinski definition) is 4. The number of carbonyl (C=O) groups is 2. The molecule has 0 aromatic heterocycles. The summed E-state index contributed by atoms with van der Waals surface area (Å²) in [5.41, 5.74) is 1.95. The number of fused-ring (bicyclic) bond motifs is 1. The van der Waals surface area contributed by atoms with E-state index in [4.69, 9.17) is 4.74 Å². The second-order valence-electron chi connectivity index (χ2n) is 8.47. The van der Waals surface area contributed by atoms with Crippen LogP contribution in [-0.2, 0) is 16.0 Å². The zero-order chi connectivity index (χ0) is 20.6. The normalized spacial score (nSPS) is 17.9. The van der Waals surface area contributed by atoms with Crippen LogP contribution >= 0.6 is 0 Å². The van der Waals surface area contributed by atoms with Crippen molar-refractivity contribution in [3.05, 3.63) is 23.8 Å². The van der Waals surface area contributed by atoms with E-state index in [0.717, 1.165) is 30.0 Å². The first kappa shape index (κ1) is 21.6. The molecule has 1 saturated carbocycles. The first-order valence-corrected chi connectivity index (χ1v) is 11.0. The Bertz CT molecular complexity index is 698. The molecular formula is C23H34N2O4. The van der Waals surface area contributed by atoms with Crippen LogP contribution in [-0.4, -0.2) is 47.6 Å². The van der Waals surface area contributed by atoms with Crippen LogP contribution in [0.2, 0.25) is 0 Å². The van der Waals surface area contributed by atoms with Crippen molar-refractivity contribution in [1.82, 2.24) is 4.90 Å². The topological polar surface area (TPSA) is 78.9 Å². The van der Waals surface area contributed by atoms with Crippen molar-refractivity contribution in [1.29, 1.82) is 0 Å². The first-order chi connectivity index (χ1) is 14.0. The van der Waals surface area contributed by atoms with E-state index < -0.39 is 6.10 Å². The van der Waals surface area contributed by atoms with Crippen molar-refractivity contribution in [3.63, 3.8) is 0 Å². The largest absolute Gasteiger partial charge is 0.494 e. The van der Waals surface area contributed by atoms with Crippen molar-refractivity contribution in [3.8, 4) is 5.75 Å². The number of aryl methyl sites for hydroxylation is 1. The first-order valence-electron chi connectivity index (χ1n) is 11.0. The third-order valence-corrected chi connectivity index (χ3v) is 5.82. The number of hydrogen-bond donors (Lipinski definition) is 2. The zero-order valence-electron chi connectivity index (χ0n) is 17.5. The van der Waals surface area contributed by atoms with E-state index in [1.165, 1.54) is 32.1 Å². The van der Waals surface area contributed by atoms with Crippen LogP contribution in [0.3, 0.4) is 0 Å². The summed E-state index contributed by atoms with van der Waals surface area (Å²) in [7, 11) is 0. The third-order valence-electron chi connectivity index (χ3n) is 5.82. The maximum absolute atomic E-state index is 12.7. The van der Waals surface area contributed by atoms with E-state index in [-0.39, 0.29) is 11.8 Å². The molecule has 1 atom stereocenters. The minimum atomic E-state index is -0.505. The van der Waals surface area contributed by atoms with E-state index in [1.54, 1.807) is 6.92 Å². The Balaban J connectivity index is 1.44. The van der Waals surface area contributed by atoms with Gasteiger partial charge in [0.2, 0.25) is 11.8 Å². The third kappa shape index (κ3) is 6.74. The molecule has 2 N–H and O–H groups in total. The van der Waals surface area contributed by atoms with Crippen molar-refractivity contribution in [2.75, 3.05) is 25.0 Å². The van der Waals surface area contributed by atoms with Gasteiger partial charge in [-0.25, -0.2) is 0 Å². The van der Waals surface area contributed by atoms with Crippen molar-refractivity contribution >= 4 is 17.5 Å². The monoisotopic (exact) mass is 402 g/mol. The fourth-order valence-corrected chi connectivity index (χ4v) is 4.30. The maximum atomic E-state index is 12.7. The Labute approximate surface area is 173 Å². The lowest BCUT2D eigenvalue weighted by Gasteiger charge is -2.30. The second kappa shape index (κ2) is 10.6. The number of ether oxygens (including phenoxy) is 1. The summed E-state index contributed by atoms with van der Waals surface area (Å²) in [6.07, 6.45) is 7.98. The average molecular weight is 403 g/mol. The molecule has 1 fully saturated rings. The number of nitrogens with one attached hydrogen (secondary N) is 1. The molecule has 1 aromatic rings. The molecule has 6 heteroatoms. The zero-order valence-corrected chi connectivity index (χ0v) is 17.5. The van der Waals surface area contributed by atoms with Crippen LogP contribution in [0.15, 0.2) is 18.2 Å². The molecule has 160 valence electrons. The minimum absolute atomic E-state index is 0.0552. The standard InChI is InChI=1S/C23H34N2O4/c1-17(26)15-25(16-18-6-3-2-4-7-18)23(28)8-5-13-29-20-10-11-21-19(14-20)9-12-22(27)24-21/h10-11,14,17-18,26H,2-9,12-13,15-16H2,1H3,(H,24,27). The van der Waals surface area contributed by atoms with Gasteiger partial charge in [0.15, 0.2) is 0 Å². The molecule has 1 aromatic carbocycles. The van der Waals surface area contributed by atoms with E-state index in [9.17, 15) is 14.7 Å². The lowest BCUT2D eigenvalue weighted by molar-refractivity contribution is -0.133. The van der Waals surface area contributed by atoms with Gasteiger partial charge in [-0.3, -0.25) is 9.59 Å². The van der Waals surface area contributed by atoms with Crippen LogP contribution in [0.4, 0.5) is 5.69 Å². The summed E-state index contributed by atoms with van der Waals surface area (Å²) in [6, 6.07) is 5.70.